The summed E-state index contributed by atoms with van der Waals surface area (Å²) in [5, 5.41) is 24.6. The van der Waals surface area contributed by atoms with Crippen molar-refractivity contribution in [2.45, 2.75) is 18.3 Å². The van der Waals surface area contributed by atoms with E-state index >= 15 is 0 Å². The lowest BCUT2D eigenvalue weighted by atomic mass is 10.8. The van der Waals surface area contributed by atoms with Crippen molar-refractivity contribution in [3.8, 4) is 0 Å². The van der Waals surface area contributed by atoms with E-state index < -0.39 is 36.8 Å². The van der Waals surface area contributed by atoms with Crippen molar-refractivity contribution < 1.29 is 43.9 Å². The Bertz CT molecular complexity index is 243. The minimum atomic E-state index is -1.67. The molecule has 1 rings (SSSR count). The van der Waals surface area contributed by atoms with Crippen LogP contribution < -0.4 is 0 Å². The Balaban J connectivity index is 2.50. The van der Waals surface area contributed by atoms with Crippen LogP contribution in [0.4, 0.5) is 14.4 Å². The van der Waals surface area contributed by atoms with Crippen molar-refractivity contribution in [3.05, 3.63) is 0 Å². The zero-order chi connectivity index (χ0) is 11.6. The molecule has 3 N–H and O–H groups in total. The van der Waals surface area contributed by atoms with Crippen LogP contribution in [0, 0.1) is 0 Å². The molecule has 1 aliphatic rings. The van der Waals surface area contributed by atoms with Gasteiger partial charge in [0, 0.05) is 0 Å². The van der Waals surface area contributed by atoms with E-state index in [4.69, 9.17) is 15.3 Å². The highest BCUT2D eigenvalue weighted by Gasteiger charge is 2.61. The average Bonchev–Trinajstić information content (AvgIpc) is 2.60. The molecule has 9 heteroatoms. The second-order valence-electron chi connectivity index (χ2n) is 2.55. The van der Waals surface area contributed by atoms with E-state index in [0.717, 1.165) is 0 Å². The van der Waals surface area contributed by atoms with Gasteiger partial charge in [-0.1, -0.05) is 0 Å². The van der Waals surface area contributed by atoms with Crippen LogP contribution in [-0.4, -0.2) is 52.1 Å². The van der Waals surface area contributed by atoms with Crippen molar-refractivity contribution in [2.75, 3.05) is 0 Å². The first-order valence-electron chi connectivity index (χ1n) is 3.60. The zero-order valence-corrected chi connectivity index (χ0v) is 7.02. The first-order chi connectivity index (χ1) is 6.91. The summed E-state index contributed by atoms with van der Waals surface area (Å²) >= 11 is 0. The van der Waals surface area contributed by atoms with Crippen LogP contribution in [0.15, 0.2) is 0 Å². The number of hydrogen-bond donors (Lipinski definition) is 3. The minimum absolute atomic E-state index is 1.24. The molecule has 15 heavy (non-hydrogen) atoms. The first kappa shape index (κ1) is 10.9. The Morgan fingerprint density at radius 3 is 1.00 bits per heavy atom. The SMILES string of the molecule is O=C(O)OC1C(OC(=O)O)C1OC(=O)O. The van der Waals surface area contributed by atoms with E-state index in [1.807, 2.05) is 0 Å². The highest BCUT2D eigenvalue weighted by molar-refractivity contribution is 5.61. The van der Waals surface area contributed by atoms with E-state index in [-0.39, 0.29) is 0 Å². The van der Waals surface area contributed by atoms with Gasteiger partial charge in [-0.05, 0) is 0 Å². The van der Waals surface area contributed by atoms with Crippen molar-refractivity contribution in [2.24, 2.45) is 0 Å². The lowest BCUT2D eigenvalue weighted by Gasteiger charge is -1.96. The Kier molecular flexibility index (Phi) is 2.83. The predicted molar refractivity (Wildman–Crippen MR) is 38.7 cm³/mol. The van der Waals surface area contributed by atoms with Crippen molar-refractivity contribution in [3.63, 3.8) is 0 Å². The summed E-state index contributed by atoms with van der Waals surface area (Å²) in [6.45, 7) is 0. The third-order valence-electron chi connectivity index (χ3n) is 1.54. The molecule has 1 fully saturated rings. The fourth-order valence-corrected chi connectivity index (χ4v) is 0.984. The maximum absolute atomic E-state index is 10.1. The molecule has 0 aromatic rings. The van der Waals surface area contributed by atoms with E-state index in [1.54, 1.807) is 0 Å². The standard InChI is InChI=1S/C6H6O9/c7-4(8)13-1-2(14-5(9)10)3(1)15-6(11)12/h1-3H,(H,7,8)(H,9,10)(H,11,12). The number of carboxylic acid groups (broad SMARTS) is 3. The maximum atomic E-state index is 10.1. The van der Waals surface area contributed by atoms with Crippen LogP contribution in [0.1, 0.15) is 0 Å². The van der Waals surface area contributed by atoms with Gasteiger partial charge in [0.25, 0.3) is 0 Å². The molecule has 0 heterocycles. The summed E-state index contributed by atoms with van der Waals surface area (Å²) in [6.07, 6.45) is -8.74. The van der Waals surface area contributed by atoms with Crippen LogP contribution in [0.25, 0.3) is 0 Å². The van der Waals surface area contributed by atoms with Gasteiger partial charge in [-0.2, -0.15) is 0 Å². The highest BCUT2D eigenvalue weighted by Crippen LogP contribution is 2.33. The zero-order valence-electron chi connectivity index (χ0n) is 7.02. The van der Waals surface area contributed by atoms with Crippen LogP contribution in [0.3, 0.4) is 0 Å². The lowest BCUT2D eigenvalue weighted by molar-refractivity contribution is 0.0444. The lowest BCUT2D eigenvalue weighted by Crippen LogP contribution is -2.10. The number of ether oxygens (including phenoxy) is 3. The van der Waals surface area contributed by atoms with Gasteiger partial charge in [0.05, 0.1) is 0 Å². The Morgan fingerprint density at radius 1 is 0.667 bits per heavy atom. The molecule has 0 spiro atoms. The van der Waals surface area contributed by atoms with Crippen LogP contribution >= 0.6 is 0 Å². The van der Waals surface area contributed by atoms with Crippen molar-refractivity contribution in [1.29, 1.82) is 0 Å². The number of rotatable bonds is 3. The first-order valence-corrected chi connectivity index (χ1v) is 3.60. The molecule has 84 valence electrons. The summed E-state index contributed by atoms with van der Waals surface area (Å²) in [5.41, 5.74) is 0. The van der Waals surface area contributed by atoms with Crippen LogP contribution in [0.2, 0.25) is 0 Å². The third-order valence-corrected chi connectivity index (χ3v) is 1.54. The van der Waals surface area contributed by atoms with Crippen molar-refractivity contribution >= 4 is 18.5 Å². The minimum Gasteiger partial charge on any atom is -0.450 e. The van der Waals surface area contributed by atoms with E-state index in [2.05, 4.69) is 14.2 Å². The molecule has 0 aliphatic heterocycles. The number of hydrogen-bond acceptors (Lipinski definition) is 6. The second kappa shape index (κ2) is 3.90. The molecule has 0 atom stereocenters. The fraction of sp³-hybridized carbons (Fsp3) is 0.500. The van der Waals surface area contributed by atoms with Gasteiger partial charge in [-0.25, -0.2) is 14.4 Å². The van der Waals surface area contributed by atoms with Gasteiger partial charge in [0.15, 0.2) is 18.3 Å². The van der Waals surface area contributed by atoms with Gasteiger partial charge in [0.1, 0.15) is 0 Å². The molecule has 0 aromatic heterocycles. The summed E-state index contributed by atoms with van der Waals surface area (Å²) in [6, 6.07) is 0. The van der Waals surface area contributed by atoms with Gasteiger partial charge < -0.3 is 29.5 Å². The molecule has 0 aromatic carbocycles. The van der Waals surface area contributed by atoms with Gasteiger partial charge in [0.2, 0.25) is 0 Å². The van der Waals surface area contributed by atoms with Gasteiger partial charge in [-0.3, -0.25) is 0 Å². The molecule has 9 nitrogen and oxygen atoms in total. The van der Waals surface area contributed by atoms with Crippen molar-refractivity contribution in [1.82, 2.24) is 0 Å². The molecule has 0 amide bonds. The van der Waals surface area contributed by atoms with E-state index in [9.17, 15) is 14.4 Å². The molecule has 0 unspecified atom stereocenters. The van der Waals surface area contributed by atoms with Gasteiger partial charge >= 0.3 is 18.5 Å². The summed E-state index contributed by atoms with van der Waals surface area (Å²) < 4.78 is 12.4. The monoisotopic (exact) mass is 222 g/mol. The van der Waals surface area contributed by atoms with Crippen LogP contribution in [-0.2, 0) is 14.2 Å². The summed E-state index contributed by atoms with van der Waals surface area (Å²) in [7, 11) is 0. The largest absolute Gasteiger partial charge is 0.506 e. The fourth-order valence-electron chi connectivity index (χ4n) is 0.984. The second-order valence-corrected chi connectivity index (χ2v) is 2.55. The molecular formula is C6H6O9. The van der Waals surface area contributed by atoms with E-state index in [1.165, 1.54) is 0 Å². The highest BCUT2D eigenvalue weighted by atomic mass is 16.7. The van der Waals surface area contributed by atoms with Gasteiger partial charge in [-0.15, -0.1) is 0 Å². The maximum Gasteiger partial charge on any atom is 0.506 e. The molecular weight excluding hydrogens is 216 g/mol. The number of carbonyl (C=O) groups is 3. The third kappa shape index (κ3) is 2.90. The van der Waals surface area contributed by atoms with Crippen LogP contribution in [0.5, 0.6) is 0 Å². The summed E-state index contributed by atoms with van der Waals surface area (Å²) in [4.78, 5) is 30.3. The molecule has 0 bridgehead atoms. The molecule has 0 saturated heterocycles. The summed E-state index contributed by atoms with van der Waals surface area (Å²) in [5.74, 6) is 0. The predicted octanol–water partition coefficient (Wildman–Crippen LogP) is 0.190. The Labute approximate surface area is 81.8 Å². The topological polar surface area (TPSA) is 140 Å². The Morgan fingerprint density at radius 2 is 0.867 bits per heavy atom. The molecule has 1 aliphatic carbocycles. The Hall–Kier alpha value is -2.19. The molecule has 1 saturated carbocycles. The smallest absolute Gasteiger partial charge is 0.450 e. The average molecular weight is 222 g/mol. The normalized spacial score (nSPS) is 27.6. The molecule has 0 radical (unpaired) electrons. The van der Waals surface area contributed by atoms with E-state index in [0.29, 0.717) is 0 Å². The quantitative estimate of drug-likeness (QED) is 0.450.